The van der Waals surface area contributed by atoms with E-state index in [9.17, 15) is 4.79 Å². The molecule has 0 aliphatic carbocycles. The molecule has 2 aliphatic heterocycles. The molecule has 2 heterocycles. The molecule has 2 aliphatic rings. The molecule has 0 bridgehead atoms. The van der Waals surface area contributed by atoms with Crippen molar-refractivity contribution >= 4 is 17.7 Å². The van der Waals surface area contributed by atoms with Crippen molar-refractivity contribution in [3.8, 4) is 0 Å². The number of rotatable bonds is 0. The molecule has 1 aromatic carbocycles. The summed E-state index contributed by atoms with van der Waals surface area (Å²) < 4.78 is 0. The van der Waals surface area contributed by atoms with Crippen LogP contribution < -0.4 is 10.4 Å². The zero-order valence-electron chi connectivity index (χ0n) is 8.57. The average Bonchev–Trinajstić information content (AvgIpc) is 2.29. The van der Waals surface area contributed by atoms with E-state index in [0.29, 0.717) is 6.42 Å². The third-order valence-electron chi connectivity index (χ3n) is 3.20. The van der Waals surface area contributed by atoms with Crippen LogP contribution in [0.2, 0.25) is 0 Å². The van der Waals surface area contributed by atoms with E-state index in [0.717, 1.165) is 19.4 Å². The minimum absolute atomic E-state index is 0.280. The predicted molar refractivity (Wildman–Crippen MR) is 59.1 cm³/mol. The average molecular weight is 199 g/mol. The lowest BCUT2D eigenvalue weighted by Crippen LogP contribution is -2.44. The first-order valence-electron chi connectivity index (χ1n) is 5.45. The minimum Gasteiger partial charge on any atom is -0.312 e. The number of amides is 1. The lowest BCUT2D eigenvalue weighted by Gasteiger charge is -2.31. The van der Waals surface area contributed by atoms with Gasteiger partial charge in [0.25, 0.3) is 0 Å². The molecule has 76 valence electrons. The van der Waals surface area contributed by atoms with Gasteiger partial charge in [-0.3, -0.25) is 4.79 Å². The molecule has 0 aromatic heterocycles. The molecule has 1 amide bonds. The largest absolute Gasteiger partial charge is 0.312 e. The number of benzene rings is 1. The summed E-state index contributed by atoms with van der Waals surface area (Å²) in [5.74, 6) is 0.280. The van der Waals surface area contributed by atoms with Crippen LogP contribution in [-0.2, 0) is 4.79 Å². The van der Waals surface area contributed by atoms with Crippen molar-refractivity contribution < 1.29 is 4.79 Å². The van der Waals surface area contributed by atoms with Gasteiger partial charge in [0.2, 0.25) is 5.91 Å². The Morgan fingerprint density at radius 1 is 1.13 bits per heavy atom. The summed E-state index contributed by atoms with van der Waals surface area (Å²) in [5.41, 5.74) is 1.23. The quantitative estimate of drug-likeness (QED) is 0.599. The first kappa shape index (κ1) is 8.72. The van der Waals surface area contributed by atoms with Gasteiger partial charge in [0, 0.05) is 23.9 Å². The minimum atomic E-state index is 0.280. The molecule has 0 spiro atoms. The van der Waals surface area contributed by atoms with Gasteiger partial charge in [-0.15, -0.1) is 0 Å². The van der Waals surface area contributed by atoms with E-state index >= 15 is 0 Å². The Balaban J connectivity index is 2.29. The molecule has 3 rings (SSSR count). The predicted octanol–water partition coefficient (Wildman–Crippen LogP) is 0.601. The van der Waals surface area contributed by atoms with E-state index in [-0.39, 0.29) is 5.91 Å². The highest BCUT2D eigenvalue weighted by molar-refractivity contribution is 5.86. The molecule has 2 heteroatoms. The highest BCUT2D eigenvalue weighted by Crippen LogP contribution is 2.21. The molecule has 15 heavy (non-hydrogen) atoms. The van der Waals surface area contributed by atoms with Crippen LogP contribution >= 0.6 is 0 Å². The summed E-state index contributed by atoms with van der Waals surface area (Å²) in [4.78, 5) is 13.7. The van der Waals surface area contributed by atoms with E-state index < -0.39 is 0 Å². The summed E-state index contributed by atoms with van der Waals surface area (Å²) in [6.45, 7) is 0.755. The Morgan fingerprint density at radius 3 is 2.93 bits per heavy atom. The number of carbonyl (C=O) groups is 1. The number of carbonyl (C=O) groups excluding carboxylic acids is 1. The Hall–Kier alpha value is -1.57. The van der Waals surface area contributed by atoms with Crippen molar-refractivity contribution in [2.24, 2.45) is 0 Å². The van der Waals surface area contributed by atoms with Gasteiger partial charge in [-0.25, -0.2) is 0 Å². The van der Waals surface area contributed by atoms with Crippen LogP contribution in [0.25, 0.3) is 11.8 Å². The number of piperidine rings is 1. The smallest absolute Gasteiger partial charge is 0.227 e. The lowest BCUT2D eigenvalue weighted by molar-refractivity contribution is -0.128. The van der Waals surface area contributed by atoms with Gasteiger partial charge in [-0.05, 0) is 18.1 Å². The maximum atomic E-state index is 11.7. The van der Waals surface area contributed by atoms with Gasteiger partial charge in [-0.1, -0.05) is 30.3 Å². The topological polar surface area (TPSA) is 20.3 Å². The fourth-order valence-corrected chi connectivity index (χ4v) is 2.45. The summed E-state index contributed by atoms with van der Waals surface area (Å²) in [5, 5.41) is 2.52. The standard InChI is InChI=1S/C13H13NO/c15-13-7-3-6-12-11-5-2-1-4-10(11)8-9-14(12)13/h1-2,4-5,8H,3,6-7,9H2. The van der Waals surface area contributed by atoms with Crippen LogP contribution in [0, 0.1) is 0 Å². The van der Waals surface area contributed by atoms with Gasteiger partial charge < -0.3 is 4.90 Å². The Bertz CT molecular complexity index is 530. The number of hydrogen-bond donors (Lipinski definition) is 0. The zero-order chi connectivity index (χ0) is 10.3. The monoisotopic (exact) mass is 199 g/mol. The van der Waals surface area contributed by atoms with Crippen molar-refractivity contribution in [2.45, 2.75) is 19.3 Å². The van der Waals surface area contributed by atoms with E-state index in [4.69, 9.17) is 0 Å². The molecular weight excluding hydrogens is 186 g/mol. The normalized spacial score (nSPS) is 19.3. The maximum Gasteiger partial charge on any atom is 0.227 e. The van der Waals surface area contributed by atoms with Crippen LogP contribution in [0.15, 0.2) is 24.3 Å². The van der Waals surface area contributed by atoms with Crippen molar-refractivity contribution in [2.75, 3.05) is 6.54 Å². The first-order valence-corrected chi connectivity index (χ1v) is 5.45. The van der Waals surface area contributed by atoms with Gasteiger partial charge >= 0.3 is 0 Å². The lowest BCUT2D eigenvalue weighted by atomic mass is 10.0. The van der Waals surface area contributed by atoms with Crippen LogP contribution in [0.4, 0.5) is 0 Å². The highest BCUT2D eigenvalue weighted by Gasteiger charge is 2.23. The Kier molecular flexibility index (Phi) is 1.88. The molecule has 1 saturated heterocycles. The van der Waals surface area contributed by atoms with Gasteiger partial charge in [0.05, 0.1) is 0 Å². The third-order valence-corrected chi connectivity index (χ3v) is 3.20. The molecule has 0 radical (unpaired) electrons. The fraction of sp³-hybridized carbons (Fsp3) is 0.308. The molecule has 2 nitrogen and oxygen atoms in total. The van der Waals surface area contributed by atoms with E-state index in [1.807, 2.05) is 11.0 Å². The van der Waals surface area contributed by atoms with Gasteiger partial charge in [0.15, 0.2) is 0 Å². The SMILES string of the molecule is O=C1CCCC2=c3ccccc3=CCN12. The van der Waals surface area contributed by atoms with Crippen LogP contribution in [0.3, 0.4) is 0 Å². The molecule has 0 unspecified atom stereocenters. The number of hydrogen-bond acceptors (Lipinski definition) is 1. The van der Waals surface area contributed by atoms with E-state index in [1.54, 1.807) is 0 Å². The third kappa shape index (κ3) is 1.29. The van der Waals surface area contributed by atoms with E-state index in [2.05, 4.69) is 24.3 Å². The van der Waals surface area contributed by atoms with Gasteiger partial charge in [0.1, 0.15) is 0 Å². The fourth-order valence-electron chi connectivity index (χ4n) is 2.45. The molecule has 1 fully saturated rings. The highest BCUT2D eigenvalue weighted by atomic mass is 16.2. The Labute approximate surface area is 88.5 Å². The molecular formula is C13H13NO. The van der Waals surface area contributed by atoms with Crippen LogP contribution in [0.1, 0.15) is 19.3 Å². The van der Waals surface area contributed by atoms with Crippen molar-refractivity contribution in [3.05, 3.63) is 34.7 Å². The van der Waals surface area contributed by atoms with E-state index in [1.165, 1.54) is 16.1 Å². The number of fused-ring (bicyclic) bond motifs is 2. The summed E-state index contributed by atoms with van der Waals surface area (Å²) >= 11 is 0. The first-order chi connectivity index (χ1) is 7.36. The molecule has 1 aromatic rings. The second kappa shape index (κ2) is 3.23. The van der Waals surface area contributed by atoms with Gasteiger partial charge in [-0.2, -0.15) is 0 Å². The summed E-state index contributed by atoms with van der Waals surface area (Å²) in [7, 11) is 0. The van der Waals surface area contributed by atoms with Crippen LogP contribution in [-0.4, -0.2) is 17.4 Å². The molecule has 0 saturated carbocycles. The number of nitrogens with zero attached hydrogens (tertiary/aromatic N) is 1. The second-order valence-electron chi connectivity index (χ2n) is 4.10. The van der Waals surface area contributed by atoms with Crippen molar-refractivity contribution in [1.29, 1.82) is 0 Å². The van der Waals surface area contributed by atoms with Crippen molar-refractivity contribution in [3.63, 3.8) is 0 Å². The van der Waals surface area contributed by atoms with Crippen molar-refractivity contribution in [1.82, 2.24) is 4.90 Å². The molecule has 0 atom stereocenters. The summed E-state index contributed by atoms with van der Waals surface area (Å²) in [6, 6.07) is 8.34. The van der Waals surface area contributed by atoms with Crippen LogP contribution in [0.5, 0.6) is 0 Å². The second-order valence-corrected chi connectivity index (χ2v) is 4.10. The Morgan fingerprint density at radius 2 is 2.00 bits per heavy atom. The molecule has 0 N–H and O–H groups in total. The maximum absolute atomic E-state index is 11.7. The summed E-state index contributed by atoms with van der Waals surface area (Å²) in [6.07, 6.45) is 4.89. The zero-order valence-corrected chi connectivity index (χ0v) is 8.57.